The maximum Gasteiger partial charge on any atom is 0.229 e. The van der Waals surface area contributed by atoms with E-state index in [1.54, 1.807) is 0 Å². The van der Waals surface area contributed by atoms with Gasteiger partial charge in [-0.05, 0) is 44.7 Å². The van der Waals surface area contributed by atoms with Gasteiger partial charge in [0.05, 0.1) is 0 Å². The zero-order valence-electron chi connectivity index (χ0n) is 15.0. The first-order chi connectivity index (χ1) is 11.1. The number of anilines is 3. The molecule has 0 spiro atoms. The minimum absolute atomic E-state index is 0.683. The highest BCUT2D eigenvalue weighted by Gasteiger charge is 2.11. The Labute approximate surface area is 140 Å². The highest BCUT2D eigenvalue weighted by molar-refractivity contribution is 5.64. The van der Waals surface area contributed by atoms with Crippen LogP contribution < -0.4 is 10.2 Å². The number of benzene rings is 1. The van der Waals surface area contributed by atoms with Crippen molar-refractivity contribution in [1.29, 1.82) is 0 Å². The fourth-order valence-corrected chi connectivity index (χ4v) is 2.83. The molecule has 2 aromatic rings. The van der Waals surface area contributed by atoms with E-state index in [-0.39, 0.29) is 0 Å². The summed E-state index contributed by atoms with van der Waals surface area (Å²) in [5.74, 6) is 1.67. The molecule has 0 radical (unpaired) electrons. The monoisotopic (exact) mass is 312 g/mol. The third-order valence-electron chi connectivity index (χ3n) is 4.16. The highest BCUT2D eigenvalue weighted by Crippen LogP contribution is 2.26. The lowest BCUT2D eigenvalue weighted by Crippen LogP contribution is -2.23. The molecule has 2 rings (SSSR count). The summed E-state index contributed by atoms with van der Waals surface area (Å²) in [4.78, 5) is 11.5. The molecule has 1 heterocycles. The molecular weight excluding hydrogens is 284 g/mol. The first-order valence-electron chi connectivity index (χ1n) is 8.61. The molecule has 0 amide bonds. The Morgan fingerprint density at radius 2 is 1.57 bits per heavy atom. The Morgan fingerprint density at radius 1 is 0.957 bits per heavy atom. The summed E-state index contributed by atoms with van der Waals surface area (Å²) in [7, 11) is 0. The van der Waals surface area contributed by atoms with Gasteiger partial charge in [-0.15, -0.1) is 0 Å². The van der Waals surface area contributed by atoms with Gasteiger partial charge in [-0.25, -0.2) is 4.98 Å². The number of rotatable bonds is 7. The quantitative estimate of drug-likeness (QED) is 0.817. The van der Waals surface area contributed by atoms with Gasteiger partial charge in [-0.3, -0.25) is 0 Å². The van der Waals surface area contributed by atoms with Crippen LogP contribution in [0.25, 0.3) is 0 Å². The first kappa shape index (κ1) is 17.3. The van der Waals surface area contributed by atoms with E-state index in [9.17, 15) is 0 Å². The molecule has 1 aromatic heterocycles. The van der Waals surface area contributed by atoms with Crippen LogP contribution in [-0.2, 0) is 12.8 Å². The van der Waals surface area contributed by atoms with Gasteiger partial charge >= 0.3 is 0 Å². The highest BCUT2D eigenvalue weighted by atomic mass is 15.2. The fourth-order valence-electron chi connectivity index (χ4n) is 2.83. The molecule has 1 aromatic carbocycles. The van der Waals surface area contributed by atoms with Gasteiger partial charge in [0.15, 0.2) is 0 Å². The molecule has 0 bridgehead atoms. The maximum atomic E-state index is 4.73. The molecule has 0 saturated carbocycles. The van der Waals surface area contributed by atoms with Crippen molar-refractivity contribution >= 4 is 17.5 Å². The number of nitrogens with one attached hydrogen (secondary N) is 1. The second-order valence-corrected chi connectivity index (χ2v) is 5.65. The molecule has 0 fully saturated rings. The predicted molar refractivity (Wildman–Crippen MR) is 98.8 cm³/mol. The Morgan fingerprint density at radius 3 is 2.09 bits per heavy atom. The third kappa shape index (κ3) is 4.01. The van der Waals surface area contributed by atoms with Gasteiger partial charge < -0.3 is 10.2 Å². The van der Waals surface area contributed by atoms with E-state index in [0.717, 1.165) is 43.1 Å². The minimum atomic E-state index is 0.683. The van der Waals surface area contributed by atoms with Crippen molar-refractivity contribution in [3.05, 3.63) is 41.1 Å². The van der Waals surface area contributed by atoms with Crippen molar-refractivity contribution < 1.29 is 0 Å². The van der Waals surface area contributed by atoms with Gasteiger partial charge in [-0.2, -0.15) is 4.98 Å². The zero-order valence-corrected chi connectivity index (χ0v) is 15.0. The SMILES string of the molecule is CCc1cccc(CC)c1Nc1nc(C)cc(N(CC)CC)n1. The van der Waals surface area contributed by atoms with E-state index in [1.165, 1.54) is 11.1 Å². The smallest absolute Gasteiger partial charge is 0.229 e. The average Bonchev–Trinajstić information content (AvgIpc) is 2.55. The predicted octanol–water partition coefficient (Wildman–Crippen LogP) is 4.50. The molecule has 0 aliphatic carbocycles. The molecule has 4 nitrogen and oxygen atoms in total. The summed E-state index contributed by atoms with van der Waals surface area (Å²) in [6.45, 7) is 12.6. The second kappa shape index (κ2) is 7.95. The number of para-hydroxylation sites is 1. The lowest BCUT2D eigenvalue weighted by molar-refractivity contribution is 0.840. The summed E-state index contributed by atoms with van der Waals surface area (Å²) in [6, 6.07) is 8.51. The summed E-state index contributed by atoms with van der Waals surface area (Å²) in [6.07, 6.45) is 1.98. The lowest BCUT2D eigenvalue weighted by atomic mass is 10.0. The van der Waals surface area contributed by atoms with Crippen LogP contribution in [-0.4, -0.2) is 23.1 Å². The first-order valence-corrected chi connectivity index (χ1v) is 8.61. The minimum Gasteiger partial charge on any atom is -0.357 e. The van der Waals surface area contributed by atoms with Gasteiger partial charge in [0, 0.05) is 30.5 Å². The molecule has 4 heteroatoms. The summed E-state index contributed by atoms with van der Waals surface area (Å²) < 4.78 is 0. The Kier molecular flexibility index (Phi) is 5.97. The average molecular weight is 312 g/mol. The van der Waals surface area contributed by atoms with Gasteiger partial charge in [0.2, 0.25) is 5.95 Å². The van der Waals surface area contributed by atoms with Crippen molar-refractivity contribution in [3.8, 4) is 0 Å². The number of aryl methyl sites for hydroxylation is 3. The molecule has 0 saturated heterocycles. The van der Waals surface area contributed by atoms with Crippen LogP contribution in [0.15, 0.2) is 24.3 Å². The molecule has 23 heavy (non-hydrogen) atoms. The van der Waals surface area contributed by atoms with E-state index >= 15 is 0 Å². The molecular formula is C19H28N4. The van der Waals surface area contributed by atoms with Crippen molar-refractivity contribution in [2.24, 2.45) is 0 Å². The van der Waals surface area contributed by atoms with Gasteiger partial charge in [0.1, 0.15) is 5.82 Å². The van der Waals surface area contributed by atoms with Crippen LogP contribution in [0, 0.1) is 6.92 Å². The number of nitrogens with zero attached hydrogens (tertiary/aromatic N) is 3. The zero-order chi connectivity index (χ0) is 16.8. The van der Waals surface area contributed by atoms with Gasteiger partial charge in [-0.1, -0.05) is 32.0 Å². The molecule has 124 valence electrons. The molecule has 0 aliphatic heterocycles. The Balaban J connectivity index is 2.41. The molecule has 0 atom stereocenters. The second-order valence-electron chi connectivity index (χ2n) is 5.65. The largest absolute Gasteiger partial charge is 0.357 e. The topological polar surface area (TPSA) is 41.1 Å². The lowest BCUT2D eigenvalue weighted by Gasteiger charge is -2.21. The van der Waals surface area contributed by atoms with E-state index in [1.807, 2.05) is 13.0 Å². The molecule has 1 N–H and O–H groups in total. The van der Waals surface area contributed by atoms with Crippen LogP contribution in [0.2, 0.25) is 0 Å². The van der Waals surface area contributed by atoms with Crippen LogP contribution in [0.4, 0.5) is 17.5 Å². The summed E-state index contributed by atoms with van der Waals surface area (Å²) >= 11 is 0. The summed E-state index contributed by atoms with van der Waals surface area (Å²) in [5, 5.41) is 3.48. The van der Waals surface area contributed by atoms with Crippen molar-refractivity contribution in [3.63, 3.8) is 0 Å². The third-order valence-corrected chi connectivity index (χ3v) is 4.16. The van der Waals surface area contributed by atoms with Crippen LogP contribution in [0.3, 0.4) is 0 Å². The van der Waals surface area contributed by atoms with Crippen molar-refractivity contribution in [2.75, 3.05) is 23.3 Å². The fraction of sp³-hybridized carbons (Fsp3) is 0.474. The normalized spacial score (nSPS) is 10.7. The van der Waals surface area contributed by atoms with Crippen LogP contribution in [0.5, 0.6) is 0 Å². The number of aromatic nitrogens is 2. The van der Waals surface area contributed by atoms with E-state index in [0.29, 0.717) is 5.95 Å². The molecule has 0 unspecified atom stereocenters. The van der Waals surface area contributed by atoms with E-state index in [4.69, 9.17) is 4.98 Å². The van der Waals surface area contributed by atoms with Crippen LogP contribution >= 0.6 is 0 Å². The van der Waals surface area contributed by atoms with Crippen molar-refractivity contribution in [2.45, 2.75) is 47.5 Å². The Bertz CT molecular complexity index is 626. The Hall–Kier alpha value is -2.10. The molecule has 0 aliphatic rings. The van der Waals surface area contributed by atoms with E-state index < -0.39 is 0 Å². The number of hydrogen-bond acceptors (Lipinski definition) is 4. The van der Waals surface area contributed by atoms with E-state index in [2.05, 4.69) is 61.1 Å². The van der Waals surface area contributed by atoms with Gasteiger partial charge in [0.25, 0.3) is 0 Å². The van der Waals surface area contributed by atoms with Crippen LogP contribution in [0.1, 0.15) is 44.5 Å². The number of hydrogen-bond donors (Lipinski definition) is 1. The standard InChI is InChI=1S/C19H28N4/c1-6-15-11-10-12-16(7-2)18(15)22-19-20-14(5)13-17(21-19)23(8-3)9-4/h10-13H,6-9H2,1-5H3,(H,20,21,22). The summed E-state index contributed by atoms with van der Waals surface area (Å²) in [5.41, 5.74) is 4.75. The maximum absolute atomic E-state index is 4.73. The van der Waals surface area contributed by atoms with Crippen molar-refractivity contribution in [1.82, 2.24) is 9.97 Å².